The van der Waals surface area contributed by atoms with Crippen LogP contribution in [0.4, 0.5) is 0 Å². The summed E-state index contributed by atoms with van der Waals surface area (Å²) in [6, 6.07) is 8.30. The number of fused-ring (bicyclic) bond motifs is 1. The van der Waals surface area contributed by atoms with E-state index in [9.17, 15) is 9.59 Å². The topological polar surface area (TPSA) is 53.5 Å². The van der Waals surface area contributed by atoms with Gasteiger partial charge in [0.1, 0.15) is 4.88 Å². The zero-order chi connectivity index (χ0) is 21.4. The van der Waals surface area contributed by atoms with Crippen LogP contribution < -0.4 is 0 Å². The lowest BCUT2D eigenvalue weighted by Crippen LogP contribution is -2.45. The average Bonchev–Trinajstić information content (AvgIpc) is 3.26. The van der Waals surface area contributed by atoms with Crippen LogP contribution in [0.2, 0.25) is 0 Å². The van der Waals surface area contributed by atoms with Crippen LogP contribution in [0.15, 0.2) is 24.3 Å². The van der Waals surface area contributed by atoms with E-state index in [-0.39, 0.29) is 17.9 Å². The van der Waals surface area contributed by atoms with Crippen LogP contribution in [0.3, 0.4) is 0 Å². The maximum atomic E-state index is 13.4. The first-order valence-corrected chi connectivity index (χ1v) is 12.0. The van der Waals surface area contributed by atoms with E-state index in [1.165, 1.54) is 11.3 Å². The zero-order valence-electron chi connectivity index (χ0n) is 17.9. The minimum absolute atomic E-state index is 0.0359. The summed E-state index contributed by atoms with van der Waals surface area (Å²) >= 11 is 3.04. The molecular formula is C23H27N3O2S2. The molecule has 7 heteroatoms. The molecule has 1 aliphatic rings. The molecule has 2 amide bonds. The maximum Gasteiger partial charge on any atom is 0.266 e. The lowest BCUT2D eigenvalue weighted by molar-refractivity contribution is 0.0618. The third-order valence-electron chi connectivity index (χ3n) is 5.72. The number of carbonyl (C=O) groups is 2. The van der Waals surface area contributed by atoms with Crippen LogP contribution >= 0.6 is 22.7 Å². The molecule has 5 nitrogen and oxygen atoms in total. The van der Waals surface area contributed by atoms with Crippen LogP contribution in [0.5, 0.6) is 0 Å². The predicted molar refractivity (Wildman–Crippen MR) is 124 cm³/mol. The standard InChI is InChI=1S/C23H27N3O2S2/c1-14-20(29-15(2)24-14)23(28)26-12-8-7-9-16(26)13-18-17-10-5-6-11-19(17)30-21(18)22(27)25(3)4/h5-6,10-11,16H,7-9,12-13H2,1-4H3. The molecule has 158 valence electrons. The van der Waals surface area contributed by atoms with Crippen molar-refractivity contribution in [2.75, 3.05) is 20.6 Å². The second-order valence-electron chi connectivity index (χ2n) is 8.11. The van der Waals surface area contributed by atoms with E-state index in [4.69, 9.17) is 0 Å². The van der Waals surface area contributed by atoms with Crippen molar-refractivity contribution in [3.8, 4) is 0 Å². The summed E-state index contributed by atoms with van der Waals surface area (Å²) in [5, 5.41) is 2.06. The molecule has 1 aliphatic heterocycles. The van der Waals surface area contributed by atoms with Crippen molar-refractivity contribution in [1.82, 2.24) is 14.8 Å². The molecule has 0 spiro atoms. The highest BCUT2D eigenvalue weighted by Gasteiger charge is 2.32. The summed E-state index contributed by atoms with van der Waals surface area (Å²) in [6.07, 6.45) is 3.80. The van der Waals surface area contributed by atoms with E-state index in [0.717, 1.165) is 61.9 Å². The fraction of sp³-hybridized carbons (Fsp3) is 0.435. The lowest BCUT2D eigenvalue weighted by Gasteiger charge is -2.36. The van der Waals surface area contributed by atoms with E-state index < -0.39 is 0 Å². The molecule has 4 rings (SSSR count). The second-order valence-corrected chi connectivity index (χ2v) is 10.4. The molecule has 1 fully saturated rings. The molecule has 0 bridgehead atoms. The summed E-state index contributed by atoms with van der Waals surface area (Å²) in [5.74, 6) is 0.122. The van der Waals surface area contributed by atoms with Crippen LogP contribution in [0.1, 0.15) is 54.9 Å². The van der Waals surface area contributed by atoms with E-state index >= 15 is 0 Å². The highest BCUT2D eigenvalue weighted by Crippen LogP contribution is 2.35. The Balaban J connectivity index is 1.70. The number of hydrogen-bond acceptors (Lipinski definition) is 5. The third kappa shape index (κ3) is 3.88. The molecule has 1 atom stereocenters. The summed E-state index contributed by atoms with van der Waals surface area (Å²) in [6.45, 7) is 4.62. The molecule has 1 saturated heterocycles. The van der Waals surface area contributed by atoms with Gasteiger partial charge in [0.15, 0.2) is 0 Å². The molecule has 3 aromatic rings. The first kappa shape index (κ1) is 21.0. The first-order valence-electron chi connectivity index (χ1n) is 10.3. The Morgan fingerprint density at radius 1 is 1.13 bits per heavy atom. The number of nitrogens with zero attached hydrogens (tertiary/aromatic N) is 3. The van der Waals surface area contributed by atoms with Crippen molar-refractivity contribution >= 4 is 44.6 Å². The summed E-state index contributed by atoms with van der Waals surface area (Å²) < 4.78 is 1.13. The largest absolute Gasteiger partial charge is 0.344 e. The predicted octanol–water partition coefficient (Wildman–Crippen LogP) is 4.91. The number of aromatic nitrogens is 1. The lowest BCUT2D eigenvalue weighted by atomic mass is 9.93. The van der Waals surface area contributed by atoms with Crippen molar-refractivity contribution in [2.24, 2.45) is 0 Å². The number of benzene rings is 1. The summed E-state index contributed by atoms with van der Waals surface area (Å²) in [4.78, 5) is 36.0. The van der Waals surface area contributed by atoms with Crippen LogP contribution in [-0.4, -0.2) is 53.3 Å². The molecule has 30 heavy (non-hydrogen) atoms. The van der Waals surface area contributed by atoms with Gasteiger partial charge in [-0.15, -0.1) is 22.7 Å². The van der Waals surface area contributed by atoms with Crippen molar-refractivity contribution < 1.29 is 9.59 Å². The van der Waals surface area contributed by atoms with E-state index in [1.807, 2.05) is 30.9 Å². The van der Waals surface area contributed by atoms with E-state index in [0.29, 0.717) is 6.42 Å². The Bertz CT molecular complexity index is 1100. The average molecular weight is 442 g/mol. The van der Waals surface area contributed by atoms with Gasteiger partial charge in [0.25, 0.3) is 11.8 Å². The van der Waals surface area contributed by atoms with Gasteiger partial charge in [-0.1, -0.05) is 18.2 Å². The van der Waals surface area contributed by atoms with Gasteiger partial charge in [-0.05, 0) is 56.5 Å². The van der Waals surface area contributed by atoms with Crippen molar-refractivity contribution in [3.05, 3.63) is 50.3 Å². The highest BCUT2D eigenvalue weighted by molar-refractivity contribution is 7.21. The summed E-state index contributed by atoms with van der Waals surface area (Å²) in [7, 11) is 3.59. The van der Waals surface area contributed by atoms with Gasteiger partial charge in [-0.25, -0.2) is 4.98 Å². The Kier molecular flexibility index (Phi) is 5.93. The van der Waals surface area contributed by atoms with Gasteiger partial charge in [0.2, 0.25) is 0 Å². The summed E-state index contributed by atoms with van der Waals surface area (Å²) in [5.41, 5.74) is 1.90. The van der Waals surface area contributed by atoms with Crippen molar-refractivity contribution in [2.45, 2.75) is 45.6 Å². The molecule has 0 aliphatic carbocycles. The molecular weight excluding hydrogens is 414 g/mol. The Labute approximate surface area is 185 Å². The van der Waals surface area contributed by atoms with E-state index in [2.05, 4.69) is 17.1 Å². The van der Waals surface area contributed by atoms with Crippen LogP contribution in [-0.2, 0) is 6.42 Å². The molecule has 2 aromatic heterocycles. The molecule has 0 saturated carbocycles. The number of aryl methyl sites for hydroxylation is 2. The zero-order valence-corrected chi connectivity index (χ0v) is 19.5. The van der Waals surface area contributed by atoms with Gasteiger partial charge in [-0.3, -0.25) is 9.59 Å². The van der Waals surface area contributed by atoms with Gasteiger partial charge in [0.05, 0.1) is 15.6 Å². The SMILES string of the molecule is Cc1nc(C)c(C(=O)N2CCCCC2Cc2c(C(=O)N(C)C)sc3ccccc23)s1. The number of likely N-dealkylation sites (tertiary alicyclic amines) is 1. The number of piperidine rings is 1. The van der Waals surface area contributed by atoms with E-state index in [1.54, 1.807) is 30.3 Å². The molecule has 1 aromatic carbocycles. The fourth-order valence-corrected chi connectivity index (χ4v) is 6.38. The molecule has 1 unspecified atom stereocenters. The van der Waals surface area contributed by atoms with Crippen LogP contribution in [0.25, 0.3) is 10.1 Å². The first-order chi connectivity index (χ1) is 14.4. The normalized spacial score (nSPS) is 16.8. The van der Waals surface area contributed by atoms with Crippen molar-refractivity contribution in [3.63, 3.8) is 0 Å². The number of hydrogen-bond donors (Lipinski definition) is 0. The highest BCUT2D eigenvalue weighted by atomic mass is 32.1. The third-order valence-corrected chi connectivity index (χ3v) is 7.99. The monoisotopic (exact) mass is 441 g/mol. The molecule has 0 N–H and O–H groups in total. The second kappa shape index (κ2) is 8.47. The number of amides is 2. The van der Waals surface area contributed by atoms with Crippen LogP contribution in [0, 0.1) is 13.8 Å². The van der Waals surface area contributed by atoms with Gasteiger partial charge < -0.3 is 9.80 Å². The smallest absolute Gasteiger partial charge is 0.266 e. The fourth-order valence-electron chi connectivity index (χ4n) is 4.25. The van der Waals surface area contributed by atoms with Gasteiger partial charge in [0, 0.05) is 31.4 Å². The number of rotatable bonds is 4. The Hall–Kier alpha value is -2.25. The number of carbonyl (C=O) groups excluding carboxylic acids is 2. The minimum Gasteiger partial charge on any atom is -0.344 e. The Morgan fingerprint density at radius 3 is 2.60 bits per heavy atom. The number of thiophene rings is 1. The minimum atomic E-state index is 0.0359. The van der Waals surface area contributed by atoms with Gasteiger partial charge >= 0.3 is 0 Å². The number of thiazole rings is 1. The molecule has 3 heterocycles. The maximum absolute atomic E-state index is 13.4. The molecule has 0 radical (unpaired) electrons. The van der Waals surface area contributed by atoms with Crippen molar-refractivity contribution in [1.29, 1.82) is 0 Å². The quantitative estimate of drug-likeness (QED) is 0.578. The Morgan fingerprint density at radius 2 is 1.90 bits per heavy atom. The van der Waals surface area contributed by atoms with Gasteiger partial charge in [-0.2, -0.15) is 0 Å².